The average Bonchev–Trinajstić information content (AvgIpc) is 3.11. The summed E-state index contributed by atoms with van der Waals surface area (Å²) >= 11 is 6.03. The van der Waals surface area contributed by atoms with E-state index < -0.39 is 7.36 Å². The van der Waals surface area contributed by atoms with E-state index in [1.807, 2.05) is 0 Å². The van der Waals surface area contributed by atoms with Crippen molar-refractivity contribution in [3.05, 3.63) is 0 Å². The summed E-state index contributed by atoms with van der Waals surface area (Å²) in [5.41, 5.74) is 0. The number of hydrogen-bond acceptors (Lipinski definition) is 1. The Hall–Kier alpha value is 0.0400. The molecule has 6 heteroatoms. The third kappa shape index (κ3) is 5.20. The van der Waals surface area contributed by atoms with Gasteiger partial charge in [-0.1, -0.05) is 46.5 Å². The number of likely N-dealkylation sites (tertiary alicyclic amines) is 1. The molecule has 162 valence electrons. The number of piperidine rings is 1. The van der Waals surface area contributed by atoms with Crippen LogP contribution in [0.3, 0.4) is 0 Å². The molecule has 0 atom stereocenters. The summed E-state index contributed by atoms with van der Waals surface area (Å²) in [5.74, 6) is 0. The third-order valence-electron chi connectivity index (χ3n) is 6.71. The van der Waals surface area contributed by atoms with Crippen LogP contribution in [0.25, 0.3) is 0 Å². The molecule has 0 aliphatic carbocycles. The summed E-state index contributed by atoms with van der Waals surface area (Å²) in [5, 5.41) is 1.04. The molecule has 3 aliphatic heterocycles. The summed E-state index contributed by atoms with van der Waals surface area (Å²) in [7, 11) is -1.90. The molecule has 0 N–H and O–H groups in total. The highest BCUT2D eigenvalue weighted by Gasteiger charge is 2.45. The lowest BCUT2D eigenvalue weighted by Gasteiger charge is -2.51. The minimum Gasteiger partial charge on any atom is -0.347 e. The van der Waals surface area contributed by atoms with E-state index in [1.165, 1.54) is 96.8 Å². The van der Waals surface area contributed by atoms with Crippen LogP contribution in [-0.2, 0) is 0 Å². The number of nitrogens with zero attached hydrogens (tertiary/aromatic N) is 4. The molecule has 28 heavy (non-hydrogen) atoms. The fraction of sp³-hybridized carbons (Fsp3) is 0.955. The fourth-order valence-corrected chi connectivity index (χ4v) is 10.4. The third-order valence-corrected chi connectivity index (χ3v) is 11.8. The number of hydrogen-bond donors (Lipinski definition) is 0. The van der Waals surface area contributed by atoms with E-state index in [9.17, 15) is 0 Å². The van der Waals surface area contributed by atoms with Gasteiger partial charge in [-0.15, -0.1) is 0 Å². The summed E-state index contributed by atoms with van der Waals surface area (Å²) in [4.78, 5) is 2.41. The Morgan fingerprint density at radius 3 is 1.39 bits per heavy atom. The highest BCUT2D eigenvalue weighted by molar-refractivity contribution is 7.81. The summed E-state index contributed by atoms with van der Waals surface area (Å²) < 4.78 is 11.3. The number of rotatable bonds is 2. The van der Waals surface area contributed by atoms with Gasteiger partial charge in [-0.3, -0.25) is 9.34 Å². The Labute approximate surface area is 179 Å². The molecule has 3 aliphatic rings. The van der Waals surface area contributed by atoms with Gasteiger partial charge in [-0.25, -0.2) is 4.74 Å². The van der Waals surface area contributed by atoms with Gasteiger partial charge in [0.15, 0.2) is 5.11 Å². The van der Waals surface area contributed by atoms with E-state index >= 15 is 0 Å². The lowest BCUT2D eigenvalue weighted by molar-refractivity contribution is 0.341. The zero-order valence-corrected chi connectivity index (χ0v) is 20.4. The van der Waals surface area contributed by atoms with Crippen molar-refractivity contribution in [2.75, 3.05) is 39.3 Å². The van der Waals surface area contributed by atoms with E-state index in [4.69, 9.17) is 17.0 Å². The quantitative estimate of drug-likeness (QED) is 0.379. The first kappa shape index (κ1) is 22.7. The van der Waals surface area contributed by atoms with Gasteiger partial charge in [0.1, 0.15) is 7.36 Å². The summed E-state index contributed by atoms with van der Waals surface area (Å²) in [6, 6.07) is 0. The molecule has 3 saturated heterocycles. The van der Waals surface area contributed by atoms with E-state index in [0.29, 0.717) is 0 Å². The van der Waals surface area contributed by atoms with Crippen LogP contribution in [0.4, 0.5) is 0 Å². The van der Waals surface area contributed by atoms with Gasteiger partial charge in [0.05, 0.1) is 0 Å². The molecule has 0 amide bonds. The molecule has 3 fully saturated rings. The maximum Gasteiger partial charge on any atom is 0.196 e. The minimum absolute atomic E-state index is 0.127. The lowest BCUT2D eigenvalue weighted by atomic mass is 10.1. The lowest BCUT2D eigenvalue weighted by Crippen LogP contribution is -2.43. The molecule has 0 unspecified atom stereocenters. The second-order valence-corrected chi connectivity index (χ2v) is 14.1. The topological polar surface area (TPSA) is 22.1 Å². The van der Waals surface area contributed by atoms with Gasteiger partial charge in [0.25, 0.3) is 0 Å². The minimum atomic E-state index is -1.90. The summed E-state index contributed by atoms with van der Waals surface area (Å²) in [6.45, 7) is 14.3. The second-order valence-electron chi connectivity index (χ2n) is 9.91. The van der Waals surface area contributed by atoms with Crippen molar-refractivity contribution in [2.24, 2.45) is 4.74 Å². The molecule has 3 heterocycles. The first-order chi connectivity index (χ1) is 13.4. The molecule has 4 nitrogen and oxygen atoms in total. The molecular weight excluding hydrogens is 383 g/mol. The van der Waals surface area contributed by atoms with Crippen molar-refractivity contribution in [3.63, 3.8) is 0 Å². The zero-order valence-electron chi connectivity index (χ0n) is 18.7. The van der Waals surface area contributed by atoms with Gasteiger partial charge >= 0.3 is 0 Å². The first-order valence-electron chi connectivity index (χ1n) is 11.9. The molecule has 0 spiro atoms. The van der Waals surface area contributed by atoms with Crippen molar-refractivity contribution >= 4 is 24.7 Å². The molecule has 0 bridgehead atoms. The van der Waals surface area contributed by atoms with Gasteiger partial charge in [-0.05, 0) is 57.2 Å². The number of thiocarbonyl (C=S) groups is 1. The second kappa shape index (κ2) is 10.4. The highest BCUT2D eigenvalue weighted by Crippen LogP contribution is 2.67. The maximum atomic E-state index is 6.03. The highest BCUT2D eigenvalue weighted by atomic mass is 32.1. The summed E-state index contributed by atoms with van der Waals surface area (Å²) in [6.07, 6.45) is 14.6. The van der Waals surface area contributed by atoms with E-state index in [-0.39, 0.29) is 5.16 Å². The fourth-order valence-electron chi connectivity index (χ4n) is 5.24. The predicted molar refractivity (Wildman–Crippen MR) is 127 cm³/mol. The van der Waals surface area contributed by atoms with E-state index in [0.717, 1.165) is 18.2 Å². The SMILES string of the molecule is CC(C)(C)P(=NC(=S)N1CCCCC1)(N1CCCCCC1)N1CCCCCC1. The van der Waals surface area contributed by atoms with Crippen molar-refractivity contribution in [1.82, 2.24) is 14.2 Å². The zero-order chi connectivity index (χ0) is 20.0. The van der Waals surface area contributed by atoms with Gasteiger partial charge < -0.3 is 4.90 Å². The van der Waals surface area contributed by atoms with Crippen LogP contribution in [0, 0.1) is 0 Å². The predicted octanol–water partition coefficient (Wildman–Crippen LogP) is 6.34. The van der Waals surface area contributed by atoms with Crippen molar-refractivity contribution in [1.29, 1.82) is 0 Å². The maximum absolute atomic E-state index is 6.03. The Morgan fingerprint density at radius 2 is 1.00 bits per heavy atom. The van der Waals surface area contributed by atoms with Crippen LogP contribution in [0.2, 0.25) is 0 Å². The normalized spacial score (nSPS) is 24.5. The molecule has 0 aromatic heterocycles. The molecule has 0 aromatic carbocycles. The van der Waals surface area contributed by atoms with Crippen LogP contribution in [-0.4, -0.2) is 63.8 Å². The van der Waals surface area contributed by atoms with Crippen LogP contribution in [0.15, 0.2) is 4.74 Å². The van der Waals surface area contributed by atoms with E-state index in [1.54, 1.807) is 0 Å². The Kier molecular flexibility index (Phi) is 8.42. The largest absolute Gasteiger partial charge is 0.347 e. The molecule has 3 rings (SSSR count). The smallest absolute Gasteiger partial charge is 0.196 e. The Balaban J connectivity index is 2.05. The van der Waals surface area contributed by atoms with Gasteiger partial charge in [0.2, 0.25) is 0 Å². The molecule has 0 saturated carbocycles. The Bertz CT molecular complexity index is 525. The first-order valence-corrected chi connectivity index (χ1v) is 13.9. The van der Waals surface area contributed by atoms with Gasteiger partial charge in [0, 0.05) is 44.4 Å². The standard InChI is InChI=1S/C22H43N4PS/c1-22(2,3)27(25-17-11-4-5-12-18-25,26-19-13-6-7-14-20-26)23-21(28)24-15-9-8-10-16-24/h4-20H2,1-3H3. The van der Waals surface area contributed by atoms with Crippen molar-refractivity contribution in [2.45, 2.75) is 96.6 Å². The van der Waals surface area contributed by atoms with Crippen LogP contribution < -0.4 is 0 Å². The van der Waals surface area contributed by atoms with Crippen LogP contribution in [0.1, 0.15) is 91.4 Å². The van der Waals surface area contributed by atoms with Gasteiger partial charge in [-0.2, -0.15) is 0 Å². The average molecular weight is 427 g/mol. The van der Waals surface area contributed by atoms with Crippen molar-refractivity contribution < 1.29 is 0 Å². The monoisotopic (exact) mass is 426 g/mol. The Morgan fingerprint density at radius 1 is 0.643 bits per heavy atom. The van der Waals surface area contributed by atoms with Crippen LogP contribution in [0.5, 0.6) is 0 Å². The van der Waals surface area contributed by atoms with Crippen molar-refractivity contribution in [3.8, 4) is 0 Å². The molecule has 0 radical (unpaired) electrons. The molecular formula is C22H43N4PS. The van der Waals surface area contributed by atoms with E-state index in [2.05, 4.69) is 35.0 Å². The van der Waals surface area contributed by atoms with Crippen LogP contribution >= 0.6 is 19.6 Å². The molecule has 0 aromatic rings.